The monoisotopic (exact) mass is 270 g/mol. The maximum absolute atomic E-state index is 12.1. The lowest BCUT2D eigenvalue weighted by Crippen LogP contribution is -2.37. The minimum atomic E-state index is -0.667. The Morgan fingerprint density at radius 1 is 1.25 bits per heavy atom. The van der Waals surface area contributed by atoms with E-state index in [2.05, 4.69) is 0 Å². The molecular formula is C16H18N2O2. The van der Waals surface area contributed by atoms with Crippen LogP contribution in [0.25, 0.3) is 0 Å². The van der Waals surface area contributed by atoms with Gasteiger partial charge in [-0.1, -0.05) is 26.0 Å². The molecule has 0 bridgehead atoms. The van der Waals surface area contributed by atoms with Crippen molar-refractivity contribution >= 4 is 5.69 Å². The van der Waals surface area contributed by atoms with Gasteiger partial charge < -0.3 is 15.4 Å². The number of anilines is 1. The number of nitrogens with zero attached hydrogens (tertiary/aromatic N) is 1. The first-order valence-electron chi connectivity index (χ1n) is 6.68. The molecule has 4 nitrogen and oxygen atoms in total. The number of aromatic nitrogens is 1. The molecule has 2 atom stereocenters. The van der Waals surface area contributed by atoms with Crippen LogP contribution in [0.3, 0.4) is 0 Å². The van der Waals surface area contributed by atoms with Gasteiger partial charge in [0, 0.05) is 23.4 Å². The summed E-state index contributed by atoms with van der Waals surface area (Å²) in [5.74, 6) is 0. The smallest absolute Gasteiger partial charge is 0.251 e. The van der Waals surface area contributed by atoms with E-state index in [1.165, 1.54) is 6.07 Å². The van der Waals surface area contributed by atoms with Crippen molar-refractivity contribution in [2.75, 3.05) is 5.73 Å². The summed E-state index contributed by atoms with van der Waals surface area (Å²) in [5.41, 5.74) is 7.95. The zero-order chi connectivity index (χ0) is 14.5. The number of aliphatic hydroxyl groups is 1. The van der Waals surface area contributed by atoms with Crippen LogP contribution in [0.15, 0.2) is 47.4 Å². The van der Waals surface area contributed by atoms with Crippen LogP contribution in [0, 0.1) is 0 Å². The van der Waals surface area contributed by atoms with Crippen LogP contribution in [0.2, 0.25) is 0 Å². The minimum absolute atomic E-state index is 0.123. The Kier molecular flexibility index (Phi) is 2.73. The van der Waals surface area contributed by atoms with Crippen molar-refractivity contribution in [2.45, 2.75) is 31.4 Å². The van der Waals surface area contributed by atoms with Gasteiger partial charge in [0.1, 0.15) is 0 Å². The van der Waals surface area contributed by atoms with E-state index in [1.54, 1.807) is 22.9 Å². The van der Waals surface area contributed by atoms with Crippen molar-refractivity contribution in [2.24, 2.45) is 0 Å². The molecule has 0 radical (unpaired) electrons. The SMILES string of the molecule is CC1(C)c2ccc(N)cc2[C@H](n2ccccc2=O)[C@H]1O. The van der Waals surface area contributed by atoms with Gasteiger partial charge in [0.25, 0.3) is 5.56 Å². The van der Waals surface area contributed by atoms with Crippen molar-refractivity contribution in [1.29, 1.82) is 0 Å². The number of fused-ring (bicyclic) bond motifs is 1. The largest absolute Gasteiger partial charge is 0.399 e. The molecule has 2 aromatic rings. The van der Waals surface area contributed by atoms with Crippen molar-refractivity contribution in [3.8, 4) is 0 Å². The van der Waals surface area contributed by atoms with E-state index in [-0.39, 0.29) is 5.56 Å². The van der Waals surface area contributed by atoms with Gasteiger partial charge in [0.15, 0.2) is 0 Å². The first-order chi connectivity index (χ1) is 9.43. The Hall–Kier alpha value is -2.07. The lowest BCUT2D eigenvalue weighted by atomic mass is 9.84. The van der Waals surface area contributed by atoms with E-state index in [1.807, 2.05) is 32.0 Å². The highest BCUT2D eigenvalue weighted by Crippen LogP contribution is 2.46. The molecule has 1 aromatic carbocycles. The predicted octanol–water partition coefficient (Wildman–Crippen LogP) is 1.67. The van der Waals surface area contributed by atoms with E-state index in [9.17, 15) is 9.90 Å². The van der Waals surface area contributed by atoms with E-state index in [0.717, 1.165) is 11.1 Å². The highest BCUT2D eigenvalue weighted by atomic mass is 16.3. The van der Waals surface area contributed by atoms with Crippen LogP contribution in [0.1, 0.15) is 31.0 Å². The summed E-state index contributed by atoms with van der Waals surface area (Å²) in [5, 5.41) is 10.7. The summed E-state index contributed by atoms with van der Waals surface area (Å²) in [6.45, 7) is 3.97. The van der Waals surface area contributed by atoms with Crippen LogP contribution in [-0.2, 0) is 5.41 Å². The second kappa shape index (κ2) is 4.21. The molecule has 1 aliphatic carbocycles. The van der Waals surface area contributed by atoms with Crippen molar-refractivity contribution in [3.63, 3.8) is 0 Å². The van der Waals surface area contributed by atoms with Gasteiger partial charge in [-0.25, -0.2) is 0 Å². The molecule has 0 amide bonds. The first kappa shape index (κ1) is 12.9. The quantitative estimate of drug-likeness (QED) is 0.775. The van der Waals surface area contributed by atoms with Crippen molar-refractivity contribution in [3.05, 3.63) is 64.1 Å². The van der Waals surface area contributed by atoms with Crippen LogP contribution in [-0.4, -0.2) is 15.8 Å². The highest BCUT2D eigenvalue weighted by Gasteiger charge is 2.46. The summed E-state index contributed by atoms with van der Waals surface area (Å²) in [6.07, 6.45) is 1.05. The molecule has 0 unspecified atom stereocenters. The molecule has 0 saturated carbocycles. The zero-order valence-corrected chi connectivity index (χ0v) is 11.6. The van der Waals surface area contributed by atoms with Gasteiger partial charge in [0.05, 0.1) is 12.1 Å². The number of benzene rings is 1. The average Bonchev–Trinajstić information content (AvgIpc) is 2.59. The molecule has 0 aliphatic heterocycles. The summed E-state index contributed by atoms with van der Waals surface area (Å²) < 4.78 is 1.58. The molecule has 0 spiro atoms. The van der Waals surface area contributed by atoms with Gasteiger partial charge in [-0.2, -0.15) is 0 Å². The normalized spacial score (nSPS) is 23.6. The fraction of sp³-hybridized carbons (Fsp3) is 0.312. The molecule has 3 N–H and O–H groups in total. The minimum Gasteiger partial charge on any atom is -0.399 e. The number of nitrogen functional groups attached to an aromatic ring is 1. The molecule has 0 saturated heterocycles. The Balaban J connectivity index is 2.26. The van der Waals surface area contributed by atoms with Crippen molar-refractivity contribution in [1.82, 2.24) is 4.57 Å². The molecule has 1 aliphatic rings. The highest BCUT2D eigenvalue weighted by molar-refractivity contribution is 5.52. The summed E-state index contributed by atoms with van der Waals surface area (Å²) in [7, 11) is 0. The van der Waals surface area contributed by atoms with Gasteiger partial charge in [-0.3, -0.25) is 4.79 Å². The molecule has 1 aromatic heterocycles. The van der Waals surface area contributed by atoms with Crippen LogP contribution < -0.4 is 11.3 Å². The average molecular weight is 270 g/mol. The molecule has 20 heavy (non-hydrogen) atoms. The number of nitrogens with two attached hydrogens (primary N) is 1. The summed E-state index contributed by atoms with van der Waals surface area (Å²) >= 11 is 0. The predicted molar refractivity (Wildman–Crippen MR) is 78.7 cm³/mol. The molecular weight excluding hydrogens is 252 g/mol. The molecule has 4 heteroatoms. The first-order valence-corrected chi connectivity index (χ1v) is 6.68. The number of aliphatic hydroxyl groups excluding tert-OH is 1. The fourth-order valence-corrected chi connectivity index (χ4v) is 3.11. The second-order valence-electron chi connectivity index (χ2n) is 5.90. The Labute approximate surface area is 117 Å². The van der Waals surface area contributed by atoms with Gasteiger partial charge in [-0.05, 0) is 29.3 Å². The maximum Gasteiger partial charge on any atom is 0.251 e. The van der Waals surface area contributed by atoms with Gasteiger partial charge in [0.2, 0.25) is 0 Å². The van der Waals surface area contributed by atoms with E-state index < -0.39 is 17.6 Å². The summed E-state index contributed by atoms with van der Waals surface area (Å²) in [6, 6.07) is 10.3. The Morgan fingerprint density at radius 3 is 2.70 bits per heavy atom. The van der Waals surface area contributed by atoms with Crippen LogP contribution in [0.4, 0.5) is 5.69 Å². The van der Waals surface area contributed by atoms with E-state index >= 15 is 0 Å². The zero-order valence-electron chi connectivity index (χ0n) is 11.6. The number of pyridine rings is 1. The maximum atomic E-state index is 12.1. The standard InChI is InChI=1S/C16H18N2O2/c1-16(2)12-7-6-10(17)9-11(12)14(15(16)20)18-8-4-3-5-13(18)19/h3-9,14-15,20H,17H2,1-2H3/t14-,15+/m0/s1. The van der Waals surface area contributed by atoms with Gasteiger partial charge in [-0.15, -0.1) is 0 Å². The van der Waals surface area contributed by atoms with Crippen molar-refractivity contribution < 1.29 is 5.11 Å². The molecule has 104 valence electrons. The lowest BCUT2D eigenvalue weighted by Gasteiger charge is -2.27. The van der Waals surface area contributed by atoms with E-state index in [4.69, 9.17) is 5.73 Å². The third-order valence-electron chi connectivity index (χ3n) is 4.28. The topological polar surface area (TPSA) is 68.2 Å². The molecule has 0 fully saturated rings. The third kappa shape index (κ3) is 1.68. The van der Waals surface area contributed by atoms with E-state index in [0.29, 0.717) is 5.69 Å². The number of hydrogen-bond acceptors (Lipinski definition) is 3. The Morgan fingerprint density at radius 2 is 2.00 bits per heavy atom. The number of hydrogen-bond donors (Lipinski definition) is 2. The molecule has 3 rings (SSSR count). The summed E-state index contributed by atoms with van der Waals surface area (Å²) in [4.78, 5) is 12.1. The van der Waals surface area contributed by atoms with Gasteiger partial charge >= 0.3 is 0 Å². The van der Waals surface area contributed by atoms with Crippen LogP contribution >= 0.6 is 0 Å². The third-order valence-corrected chi connectivity index (χ3v) is 4.28. The fourth-order valence-electron chi connectivity index (χ4n) is 3.11. The second-order valence-corrected chi connectivity index (χ2v) is 5.90. The lowest BCUT2D eigenvalue weighted by molar-refractivity contribution is 0.0799. The van der Waals surface area contributed by atoms with Crippen LogP contribution in [0.5, 0.6) is 0 Å². The molecule has 1 heterocycles. The number of rotatable bonds is 1. The Bertz CT molecular complexity index is 718.